The van der Waals surface area contributed by atoms with Gasteiger partial charge in [-0.15, -0.1) is 0 Å². The lowest BCUT2D eigenvalue weighted by Crippen LogP contribution is -2.32. The fraction of sp³-hybridized carbons (Fsp3) is 0.706. The summed E-state index contributed by atoms with van der Waals surface area (Å²) in [5.74, 6) is 1.03. The Balaban J connectivity index is 1.51. The van der Waals surface area contributed by atoms with Gasteiger partial charge in [-0.1, -0.05) is 6.42 Å². The standard InChI is InChI=1S/C17H27N7/c1-18-14-5-8-23(12-14)16-15-11-21-24(17(15)20-13-19-16)10-9-22-6-3-2-4-7-22/h11,13-14,18H,2-10,12H2,1H3. The average molecular weight is 329 g/mol. The van der Waals surface area contributed by atoms with Crippen LogP contribution in [-0.2, 0) is 6.54 Å². The van der Waals surface area contributed by atoms with Gasteiger partial charge < -0.3 is 15.1 Å². The van der Waals surface area contributed by atoms with Crippen molar-refractivity contribution in [2.24, 2.45) is 0 Å². The molecule has 0 aromatic carbocycles. The highest BCUT2D eigenvalue weighted by molar-refractivity contribution is 5.86. The van der Waals surface area contributed by atoms with Crippen LogP contribution in [0.2, 0.25) is 0 Å². The van der Waals surface area contributed by atoms with Crippen LogP contribution < -0.4 is 10.2 Å². The molecule has 7 heteroatoms. The first kappa shape index (κ1) is 15.8. The van der Waals surface area contributed by atoms with E-state index in [2.05, 4.69) is 30.2 Å². The molecular weight excluding hydrogens is 302 g/mol. The quantitative estimate of drug-likeness (QED) is 0.887. The number of aromatic nitrogens is 4. The van der Waals surface area contributed by atoms with Crippen LogP contribution in [0, 0.1) is 0 Å². The molecule has 4 rings (SSSR count). The first-order chi connectivity index (χ1) is 11.8. The fourth-order valence-corrected chi connectivity index (χ4v) is 3.90. The second-order valence-corrected chi connectivity index (χ2v) is 6.92. The minimum atomic E-state index is 0.546. The van der Waals surface area contributed by atoms with Gasteiger partial charge in [0.25, 0.3) is 0 Å². The van der Waals surface area contributed by atoms with Crippen LogP contribution in [0.4, 0.5) is 5.82 Å². The topological polar surface area (TPSA) is 62.1 Å². The largest absolute Gasteiger partial charge is 0.354 e. The maximum absolute atomic E-state index is 4.60. The molecule has 2 saturated heterocycles. The molecule has 0 saturated carbocycles. The van der Waals surface area contributed by atoms with Gasteiger partial charge in [0.2, 0.25) is 0 Å². The highest BCUT2D eigenvalue weighted by Crippen LogP contribution is 2.25. The first-order valence-corrected chi connectivity index (χ1v) is 9.16. The molecule has 2 aliphatic rings. The Bertz CT molecular complexity index is 677. The van der Waals surface area contributed by atoms with Crippen LogP contribution in [-0.4, -0.2) is 70.5 Å². The van der Waals surface area contributed by atoms with E-state index in [4.69, 9.17) is 0 Å². The second-order valence-electron chi connectivity index (χ2n) is 6.92. The minimum absolute atomic E-state index is 0.546. The summed E-state index contributed by atoms with van der Waals surface area (Å²) in [4.78, 5) is 13.9. The summed E-state index contributed by atoms with van der Waals surface area (Å²) in [6.07, 6.45) is 8.81. The molecule has 0 radical (unpaired) electrons. The molecule has 2 aromatic rings. The number of anilines is 1. The van der Waals surface area contributed by atoms with E-state index in [1.807, 2.05) is 17.9 Å². The number of nitrogens with one attached hydrogen (secondary N) is 1. The maximum Gasteiger partial charge on any atom is 0.163 e. The van der Waals surface area contributed by atoms with Crippen LogP contribution in [0.15, 0.2) is 12.5 Å². The minimum Gasteiger partial charge on any atom is -0.354 e. The van der Waals surface area contributed by atoms with E-state index >= 15 is 0 Å². The molecule has 4 heterocycles. The Hall–Kier alpha value is -1.73. The lowest BCUT2D eigenvalue weighted by molar-refractivity contribution is 0.219. The number of likely N-dealkylation sites (N-methyl/N-ethyl adjacent to an activating group) is 1. The molecule has 24 heavy (non-hydrogen) atoms. The molecule has 0 bridgehead atoms. The molecule has 1 atom stereocenters. The van der Waals surface area contributed by atoms with Crippen LogP contribution in [0.25, 0.3) is 11.0 Å². The van der Waals surface area contributed by atoms with E-state index in [1.54, 1.807) is 6.33 Å². The third-order valence-corrected chi connectivity index (χ3v) is 5.39. The van der Waals surface area contributed by atoms with Crippen molar-refractivity contribution in [3.63, 3.8) is 0 Å². The molecule has 2 aromatic heterocycles. The van der Waals surface area contributed by atoms with Crippen molar-refractivity contribution in [3.05, 3.63) is 12.5 Å². The average Bonchev–Trinajstić information content (AvgIpc) is 3.27. The van der Waals surface area contributed by atoms with Gasteiger partial charge >= 0.3 is 0 Å². The number of fused-ring (bicyclic) bond motifs is 1. The van der Waals surface area contributed by atoms with Gasteiger partial charge in [-0.05, 0) is 39.4 Å². The summed E-state index contributed by atoms with van der Waals surface area (Å²) in [6, 6.07) is 0.546. The van der Waals surface area contributed by atoms with Gasteiger partial charge in [-0.3, -0.25) is 0 Å². The van der Waals surface area contributed by atoms with Gasteiger partial charge in [0.1, 0.15) is 12.1 Å². The van der Waals surface area contributed by atoms with Crippen molar-refractivity contribution in [3.8, 4) is 0 Å². The van der Waals surface area contributed by atoms with Crippen molar-refractivity contribution in [2.45, 2.75) is 38.3 Å². The van der Waals surface area contributed by atoms with Crippen molar-refractivity contribution < 1.29 is 0 Å². The molecule has 1 unspecified atom stereocenters. The normalized spacial score (nSPS) is 22.5. The van der Waals surface area contributed by atoms with Crippen molar-refractivity contribution in [1.29, 1.82) is 0 Å². The summed E-state index contributed by atoms with van der Waals surface area (Å²) in [5, 5.41) is 9.04. The van der Waals surface area contributed by atoms with Gasteiger partial charge in [0, 0.05) is 25.7 Å². The van der Waals surface area contributed by atoms with Gasteiger partial charge in [-0.2, -0.15) is 5.10 Å². The second kappa shape index (κ2) is 7.03. The van der Waals surface area contributed by atoms with Crippen LogP contribution in [0.5, 0.6) is 0 Å². The third-order valence-electron chi connectivity index (χ3n) is 5.39. The summed E-state index contributed by atoms with van der Waals surface area (Å²) in [6.45, 7) is 6.44. The highest BCUT2D eigenvalue weighted by atomic mass is 15.3. The number of piperidine rings is 1. The number of hydrogen-bond acceptors (Lipinski definition) is 6. The molecule has 0 amide bonds. The predicted molar refractivity (Wildman–Crippen MR) is 95.3 cm³/mol. The van der Waals surface area contributed by atoms with E-state index in [1.165, 1.54) is 32.4 Å². The predicted octanol–water partition coefficient (Wildman–Crippen LogP) is 1.11. The summed E-state index contributed by atoms with van der Waals surface area (Å²) < 4.78 is 2.04. The van der Waals surface area contributed by atoms with E-state index in [-0.39, 0.29) is 0 Å². The summed E-state index contributed by atoms with van der Waals surface area (Å²) >= 11 is 0. The maximum atomic E-state index is 4.60. The Morgan fingerprint density at radius 3 is 2.79 bits per heavy atom. The molecule has 0 spiro atoms. The van der Waals surface area contributed by atoms with Crippen molar-refractivity contribution in [2.75, 3.05) is 44.7 Å². The molecule has 130 valence electrons. The van der Waals surface area contributed by atoms with Crippen LogP contribution in [0.1, 0.15) is 25.7 Å². The van der Waals surface area contributed by atoms with E-state index in [0.717, 1.165) is 49.5 Å². The molecule has 7 nitrogen and oxygen atoms in total. The highest BCUT2D eigenvalue weighted by Gasteiger charge is 2.24. The Labute approximate surface area is 143 Å². The van der Waals surface area contributed by atoms with Crippen molar-refractivity contribution >= 4 is 16.9 Å². The molecular formula is C17H27N7. The van der Waals surface area contributed by atoms with Crippen LogP contribution in [0.3, 0.4) is 0 Å². The zero-order valence-corrected chi connectivity index (χ0v) is 14.5. The monoisotopic (exact) mass is 329 g/mol. The Morgan fingerprint density at radius 1 is 1.12 bits per heavy atom. The first-order valence-electron chi connectivity index (χ1n) is 9.16. The van der Waals surface area contributed by atoms with Gasteiger partial charge in [0.05, 0.1) is 18.1 Å². The molecule has 2 aliphatic heterocycles. The Morgan fingerprint density at radius 2 is 2.00 bits per heavy atom. The fourth-order valence-electron chi connectivity index (χ4n) is 3.90. The summed E-state index contributed by atoms with van der Waals surface area (Å²) in [5.41, 5.74) is 0.963. The van der Waals surface area contributed by atoms with Crippen molar-refractivity contribution in [1.82, 2.24) is 30.0 Å². The lowest BCUT2D eigenvalue weighted by Gasteiger charge is -2.26. The van der Waals surface area contributed by atoms with Gasteiger partial charge in [-0.25, -0.2) is 14.6 Å². The Kier molecular flexibility index (Phi) is 4.62. The number of hydrogen-bond donors (Lipinski definition) is 1. The van der Waals surface area contributed by atoms with Crippen LogP contribution >= 0.6 is 0 Å². The smallest absolute Gasteiger partial charge is 0.163 e. The number of likely N-dealkylation sites (tertiary alicyclic amines) is 1. The molecule has 0 aliphatic carbocycles. The van der Waals surface area contributed by atoms with Gasteiger partial charge in [0.15, 0.2) is 5.65 Å². The van der Waals surface area contributed by atoms with E-state index in [9.17, 15) is 0 Å². The number of rotatable bonds is 5. The zero-order valence-electron chi connectivity index (χ0n) is 14.5. The summed E-state index contributed by atoms with van der Waals surface area (Å²) in [7, 11) is 2.03. The zero-order chi connectivity index (χ0) is 16.4. The van der Waals surface area contributed by atoms with E-state index < -0.39 is 0 Å². The number of nitrogens with zero attached hydrogens (tertiary/aromatic N) is 6. The lowest BCUT2D eigenvalue weighted by atomic mass is 10.1. The molecule has 2 fully saturated rings. The molecule has 1 N–H and O–H groups in total. The van der Waals surface area contributed by atoms with E-state index in [0.29, 0.717) is 6.04 Å². The SMILES string of the molecule is CNC1CCN(c2ncnc3c2cnn3CCN2CCCCC2)C1. The third kappa shape index (κ3) is 3.10.